The Labute approximate surface area is 86.5 Å². The van der Waals surface area contributed by atoms with Crippen LogP contribution < -0.4 is 5.32 Å². The van der Waals surface area contributed by atoms with Gasteiger partial charge in [-0.1, -0.05) is 0 Å². The Bertz CT molecular complexity index is 131. The molecule has 2 unspecified atom stereocenters. The van der Waals surface area contributed by atoms with Gasteiger partial charge in [-0.05, 0) is 51.4 Å². The fraction of sp³-hybridized carbons (Fsp3) is 1.00. The van der Waals surface area contributed by atoms with Crippen molar-refractivity contribution in [3.63, 3.8) is 0 Å². The third-order valence-corrected chi connectivity index (χ3v) is 4.01. The Balaban J connectivity index is 1.99. The Morgan fingerprint density at radius 3 is 2.85 bits per heavy atom. The molecule has 1 N–H and O–H groups in total. The first-order chi connectivity index (χ1) is 6.20. The van der Waals surface area contributed by atoms with E-state index < -0.39 is 0 Å². The van der Waals surface area contributed by atoms with Gasteiger partial charge in [0.25, 0.3) is 0 Å². The molecule has 1 fully saturated rings. The third kappa shape index (κ3) is 4.34. The molecule has 0 aromatic rings. The Morgan fingerprint density at radius 2 is 2.31 bits per heavy atom. The van der Waals surface area contributed by atoms with Crippen LogP contribution in [-0.2, 0) is 0 Å². The fourth-order valence-electron chi connectivity index (χ4n) is 1.42. The lowest BCUT2D eigenvalue weighted by Crippen LogP contribution is -2.37. The molecule has 0 spiro atoms. The average Bonchev–Trinajstić information content (AvgIpc) is 2.56. The van der Waals surface area contributed by atoms with Crippen molar-refractivity contribution in [2.45, 2.75) is 19.4 Å². The first-order valence-electron chi connectivity index (χ1n) is 5.15. The first-order valence-corrected chi connectivity index (χ1v) is 6.30. The van der Waals surface area contributed by atoms with Crippen molar-refractivity contribution < 1.29 is 0 Å². The van der Waals surface area contributed by atoms with E-state index in [1.165, 1.54) is 24.5 Å². The van der Waals surface area contributed by atoms with E-state index in [0.29, 0.717) is 6.04 Å². The number of thioether (sulfide) groups is 1. The molecular formula is C10H22N2S. The normalized spacial score (nSPS) is 25.4. The second-order valence-corrected chi connectivity index (χ2v) is 5.35. The van der Waals surface area contributed by atoms with Crippen LogP contribution in [0.1, 0.15) is 13.3 Å². The summed E-state index contributed by atoms with van der Waals surface area (Å²) in [6.45, 7) is 4.59. The van der Waals surface area contributed by atoms with Crippen LogP contribution in [0.5, 0.6) is 0 Å². The van der Waals surface area contributed by atoms with Crippen LogP contribution in [0.15, 0.2) is 0 Å². The van der Waals surface area contributed by atoms with Gasteiger partial charge in [0.2, 0.25) is 0 Å². The lowest BCUT2D eigenvalue weighted by Gasteiger charge is -2.21. The van der Waals surface area contributed by atoms with E-state index in [9.17, 15) is 0 Å². The lowest BCUT2D eigenvalue weighted by molar-refractivity contribution is 0.299. The Morgan fingerprint density at radius 1 is 1.54 bits per heavy atom. The van der Waals surface area contributed by atoms with Crippen molar-refractivity contribution in [2.75, 3.05) is 38.7 Å². The van der Waals surface area contributed by atoms with Crippen molar-refractivity contribution in [1.82, 2.24) is 10.2 Å². The van der Waals surface area contributed by atoms with Crippen LogP contribution in [0.25, 0.3) is 0 Å². The molecule has 1 saturated heterocycles. The fourth-order valence-corrected chi connectivity index (χ4v) is 2.71. The number of likely N-dealkylation sites (N-methyl/N-ethyl adjacent to an activating group) is 1. The molecule has 1 aliphatic rings. The number of hydrogen-bond donors (Lipinski definition) is 1. The van der Waals surface area contributed by atoms with E-state index in [1.807, 2.05) is 0 Å². The zero-order valence-corrected chi connectivity index (χ0v) is 9.86. The molecule has 0 amide bonds. The molecule has 0 bridgehead atoms. The van der Waals surface area contributed by atoms with Gasteiger partial charge in [0.1, 0.15) is 0 Å². The van der Waals surface area contributed by atoms with E-state index in [4.69, 9.17) is 0 Å². The summed E-state index contributed by atoms with van der Waals surface area (Å²) in [5.74, 6) is 3.67. The van der Waals surface area contributed by atoms with Crippen molar-refractivity contribution in [1.29, 1.82) is 0 Å². The van der Waals surface area contributed by atoms with Gasteiger partial charge in [0, 0.05) is 12.6 Å². The summed E-state index contributed by atoms with van der Waals surface area (Å²) in [4.78, 5) is 2.26. The molecule has 0 aromatic heterocycles. The van der Waals surface area contributed by atoms with Gasteiger partial charge >= 0.3 is 0 Å². The predicted octanol–water partition coefficient (Wildman–Crippen LogP) is 1.28. The van der Waals surface area contributed by atoms with Crippen molar-refractivity contribution >= 4 is 11.8 Å². The second-order valence-electron chi connectivity index (χ2n) is 4.20. The van der Waals surface area contributed by atoms with Gasteiger partial charge in [0.15, 0.2) is 0 Å². The lowest BCUT2D eigenvalue weighted by atomic mass is 10.1. The monoisotopic (exact) mass is 202 g/mol. The van der Waals surface area contributed by atoms with Crippen LogP contribution in [0, 0.1) is 5.92 Å². The molecule has 0 aromatic carbocycles. The van der Waals surface area contributed by atoms with E-state index in [-0.39, 0.29) is 0 Å². The highest BCUT2D eigenvalue weighted by Gasteiger charge is 2.15. The topological polar surface area (TPSA) is 15.3 Å². The summed E-state index contributed by atoms with van der Waals surface area (Å²) in [5.41, 5.74) is 0. The number of hydrogen-bond acceptors (Lipinski definition) is 3. The summed E-state index contributed by atoms with van der Waals surface area (Å²) >= 11 is 2.10. The summed E-state index contributed by atoms with van der Waals surface area (Å²) in [6, 6.07) is 0.647. The van der Waals surface area contributed by atoms with E-state index in [1.54, 1.807) is 0 Å². The van der Waals surface area contributed by atoms with Gasteiger partial charge in [-0.15, -0.1) is 0 Å². The Hall–Kier alpha value is 0.270. The molecule has 1 heterocycles. The van der Waals surface area contributed by atoms with Gasteiger partial charge in [0.05, 0.1) is 0 Å². The molecule has 2 atom stereocenters. The molecule has 3 heteroatoms. The maximum absolute atomic E-state index is 3.55. The van der Waals surface area contributed by atoms with Crippen molar-refractivity contribution in [2.24, 2.45) is 5.92 Å². The van der Waals surface area contributed by atoms with Crippen molar-refractivity contribution in [3.8, 4) is 0 Å². The molecule has 78 valence electrons. The van der Waals surface area contributed by atoms with E-state index in [0.717, 1.165) is 12.5 Å². The van der Waals surface area contributed by atoms with Crippen LogP contribution in [0.2, 0.25) is 0 Å². The quantitative estimate of drug-likeness (QED) is 0.723. The number of rotatable bonds is 5. The highest BCUT2D eigenvalue weighted by molar-refractivity contribution is 7.99. The predicted molar refractivity (Wildman–Crippen MR) is 61.5 cm³/mol. The van der Waals surface area contributed by atoms with E-state index in [2.05, 4.69) is 43.0 Å². The van der Waals surface area contributed by atoms with Gasteiger partial charge in [-0.25, -0.2) is 0 Å². The summed E-state index contributed by atoms with van der Waals surface area (Å²) in [7, 11) is 4.27. The molecule has 0 aliphatic carbocycles. The summed E-state index contributed by atoms with van der Waals surface area (Å²) in [6.07, 6.45) is 1.41. The standard InChI is InChI=1S/C10H22N2S/c1-9(12(2)3)6-11-7-10-4-5-13-8-10/h9-11H,4-8H2,1-3H3. The van der Waals surface area contributed by atoms with Crippen LogP contribution in [0.4, 0.5) is 0 Å². The van der Waals surface area contributed by atoms with Crippen LogP contribution in [-0.4, -0.2) is 49.6 Å². The van der Waals surface area contributed by atoms with E-state index >= 15 is 0 Å². The first kappa shape index (κ1) is 11.3. The minimum atomic E-state index is 0.647. The minimum absolute atomic E-state index is 0.647. The largest absolute Gasteiger partial charge is 0.315 e. The maximum atomic E-state index is 3.55. The molecular weight excluding hydrogens is 180 g/mol. The highest BCUT2D eigenvalue weighted by Crippen LogP contribution is 2.22. The minimum Gasteiger partial charge on any atom is -0.315 e. The van der Waals surface area contributed by atoms with Gasteiger partial charge in [-0.3, -0.25) is 0 Å². The number of nitrogens with one attached hydrogen (secondary N) is 1. The van der Waals surface area contributed by atoms with Gasteiger partial charge in [-0.2, -0.15) is 11.8 Å². The molecule has 0 radical (unpaired) electrons. The Kier molecular flexibility index (Phi) is 5.14. The third-order valence-electron chi connectivity index (χ3n) is 2.78. The molecule has 2 nitrogen and oxygen atoms in total. The molecule has 0 saturated carbocycles. The van der Waals surface area contributed by atoms with Crippen LogP contribution >= 0.6 is 11.8 Å². The van der Waals surface area contributed by atoms with Gasteiger partial charge < -0.3 is 10.2 Å². The molecule has 1 rings (SSSR count). The summed E-state index contributed by atoms with van der Waals surface area (Å²) < 4.78 is 0. The second kappa shape index (κ2) is 5.89. The van der Waals surface area contributed by atoms with Crippen molar-refractivity contribution in [3.05, 3.63) is 0 Å². The molecule has 13 heavy (non-hydrogen) atoms. The molecule has 1 aliphatic heterocycles. The highest BCUT2D eigenvalue weighted by atomic mass is 32.2. The zero-order valence-electron chi connectivity index (χ0n) is 9.05. The number of nitrogens with zero attached hydrogens (tertiary/aromatic N) is 1. The SMILES string of the molecule is CC(CNCC1CCSC1)N(C)C. The summed E-state index contributed by atoms with van der Waals surface area (Å²) in [5, 5.41) is 3.55. The average molecular weight is 202 g/mol. The van der Waals surface area contributed by atoms with Crippen LogP contribution in [0.3, 0.4) is 0 Å². The smallest absolute Gasteiger partial charge is 0.0186 e. The zero-order chi connectivity index (χ0) is 9.68. The maximum Gasteiger partial charge on any atom is 0.0186 e.